The van der Waals surface area contributed by atoms with Crippen molar-refractivity contribution in [2.75, 3.05) is 7.11 Å². The first kappa shape index (κ1) is 20.9. The summed E-state index contributed by atoms with van der Waals surface area (Å²) in [6.07, 6.45) is -0.560. The van der Waals surface area contributed by atoms with Crippen LogP contribution in [0.4, 0.5) is 4.79 Å². The summed E-state index contributed by atoms with van der Waals surface area (Å²) in [5.41, 5.74) is -0.693. The topological polar surface area (TPSA) is 80.6 Å². The van der Waals surface area contributed by atoms with Gasteiger partial charge in [0.1, 0.15) is 29.3 Å². The Hall–Kier alpha value is -2.42. The molecule has 2 rings (SSSR count). The molecule has 0 unspecified atom stereocenters. The van der Waals surface area contributed by atoms with Crippen LogP contribution in [0.15, 0.2) is 18.2 Å². The molecule has 0 aromatic heterocycles. The van der Waals surface area contributed by atoms with E-state index in [4.69, 9.17) is 19.5 Å². The Morgan fingerprint density at radius 2 is 1.78 bits per heavy atom. The molecule has 1 aliphatic rings. The predicted molar refractivity (Wildman–Crippen MR) is 103 cm³/mol. The molecule has 148 valence electrons. The normalized spacial score (nSPS) is 22.8. The van der Waals surface area contributed by atoms with Gasteiger partial charge < -0.3 is 19.5 Å². The first-order chi connectivity index (χ1) is 12.3. The molecule has 1 fully saturated rings. The van der Waals surface area contributed by atoms with E-state index in [1.54, 1.807) is 18.2 Å². The van der Waals surface area contributed by atoms with Crippen molar-refractivity contribution in [1.82, 2.24) is 5.32 Å². The molecule has 0 radical (unpaired) electrons. The van der Waals surface area contributed by atoms with Crippen LogP contribution in [-0.2, 0) is 4.74 Å². The minimum atomic E-state index is -0.545. The average molecular weight is 374 g/mol. The summed E-state index contributed by atoms with van der Waals surface area (Å²) in [5.74, 6) is 1.11. The summed E-state index contributed by atoms with van der Waals surface area (Å²) in [5, 5.41) is 12.1. The Bertz CT molecular complexity index is 740. The van der Waals surface area contributed by atoms with Crippen LogP contribution in [0.25, 0.3) is 0 Å². The molecular weight excluding hydrogens is 344 g/mol. The molecule has 1 aliphatic carbocycles. The number of nitrogens with one attached hydrogen (secondary N) is 1. The van der Waals surface area contributed by atoms with Gasteiger partial charge >= 0.3 is 6.09 Å². The van der Waals surface area contributed by atoms with Gasteiger partial charge in [-0.1, -0.05) is 27.7 Å². The minimum Gasteiger partial charge on any atom is -0.495 e. The highest BCUT2D eigenvalue weighted by atomic mass is 16.6. The molecule has 27 heavy (non-hydrogen) atoms. The summed E-state index contributed by atoms with van der Waals surface area (Å²) in [7, 11) is 1.53. The number of rotatable bonds is 4. The van der Waals surface area contributed by atoms with E-state index in [-0.39, 0.29) is 23.0 Å². The molecule has 0 aliphatic heterocycles. The lowest BCUT2D eigenvalue weighted by Crippen LogP contribution is -2.74. The van der Waals surface area contributed by atoms with E-state index in [9.17, 15) is 4.79 Å². The third-order valence-electron chi connectivity index (χ3n) is 5.05. The molecule has 0 heterocycles. The van der Waals surface area contributed by atoms with Crippen LogP contribution in [0.1, 0.15) is 54.0 Å². The largest absolute Gasteiger partial charge is 0.495 e. The number of nitriles is 1. The number of nitrogens with zero attached hydrogens (tertiary/aromatic N) is 1. The number of methoxy groups -OCH3 is 1. The highest BCUT2D eigenvalue weighted by molar-refractivity contribution is 5.68. The van der Waals surface area contributed by atoms with E-state index in [0.717, 1.165) is 0 Å². The average Bonchev–Trinajstić information content (AvgIpc) is 2.55. The zero-order chi connectivity index (χ0) is 20.6. The molecule has 1 amide bonds. The summed E-state index contributed by atoms with van der Waals surface area (Å²) in [4.78, 5) is 12.2. The van der Waals surface area contributed by atoms with E-state index in [1.807, 2.05) is 20.8 Å². The van der Waals surface area contributed by atoms with Gasteiger partial charge in [0.15, 0.2) is 0 Å². The molecule has 6 heteroatoms. The molecular formula is C21H30N2O4. The number of amides is 1. The first-order valence-electron chi connectivity index (χ1n) is 9.07. The molecule has 1 aromatic rings. The van der Waals surface area contributed by atoms with Gasteiger partial charge in [0.25, 0.3) is 0 Å². The number of alkyl carbamates (subject to hydrolysis) is 1. The van der Waals surface area contributed by atoms with Crippen molar-refractivity contribution >= 4 is 6.09 Å². The lowest BCUT2D eigenvalue weighted by molar-refractivity contribution is -0.166. The monoisotopic (exact) mass is 374 g/mol. The van der Waals surface area contributed by atoms with Gasteiger partial charge in [-0.25, -0.2) is 4.79 Å². The Morgan fingerprint density at radius 3 is 2.26 bits per heavy atom. The number of carbonyl (C=O) groups excluding carboxylic acids is 1. The number of ether oxygens (including phenoxy) is 3. The number of carbonyl (C=O) groups is 1. The summed E-state index contributed by atoms with van der Waals surface area (Å²) >= 11 is 0. The van der Waals surface area contributed by atoms with Crippen LogP contribution in [0.2, 0.25) is 0 Å². The SMILES string of the molecule is COc1cc(O[C@H]2C(C)(C)[C@H](NC(=O)OC(C)(C)C)C2(C)C)ccc1C#N. The smallest absolute Gasteiger partial charge is 0.407 e. The van der Waals surface area contributed by atoms with Gasteiger partial charge in [-0.05, 0) is 32.9 Å². The molecule has 6 nitrogen and oxygen atoms in total. The van der Waals surface area contributed by atoms with Crippen molar-refractivity contribution in [2.45, 2.75) is 66.2 Å². The third kappa shape index (κ3) is 4.13. The van der Waals surface area contributed by atoms with Crippen molar-refractivity contribution < 1.29 is 19.0 Å². The maximum atomic E-state index is 12.2. The van der Waals surface area contributed by atoms with Gasteiger partial charge in [0.05, 0.1) is 12.7 Å². The highest BCUT2D eigenvalue weighted by Gasteiger charge is 2.64. The van der Waals surface area contributed by atoms with Crippen molar-refractivity contribution in [1.29, 1.82) is 5.26 Å². The lowest BCUT2D eigenvalue weighted by Gasteiger charge is -2.62. The Labute approximate surface area is 161 Å². The van der Waals surface area contributed by atoms with E-state index in [1.165, 1.54) is 7.11 Å². The Balaban J connectivity index is 2.16. The molecule has 0 atom stereocenters. The van der Waals surface area contributed by atoms with Crippen LogP contribution >= 0.6 is 0 Å². The number of hydrogen-bond donors (Lipinski definition) is 1. The maximum absolute atomic E-state index is 12.2. The van der Waals surface area contributed by atoms with Crippen molar-refractivity contribution in [3.05, 3.63) is 23.8 Å². The van der Waals surface area contributed by atoms with Crippen molar-refractivity contribution in [2.24, 2.45) is 10.8 Å². The summed E-state index contributed by atoms with van der Waals surface area (Å²) < 4.78 is 16.9. The fraction of sp³-hybridized carbons (Fsp3) is 0.619. The van der Waals surface area contributed by atoms with Crippen LogP contribution < -0.4 is 14.8 Å². The van der Waals surface area contributed by atoms with Gasteiger partial charge in [-0.15, -0.1) is 0 Å². The quantitative estimate of drug-likeness (QED) is 0.851. The van der Waals surface area contributed by atoms with E-state index in [2.05, 4.69) is 39.1 Å². The summed E-state index contributed by atoms with van der Waals surface area (Å²) in [6.45, 7) is 13.8. The second-order valence-corrected chi connectivity index (χ2v) is 9.19. The molecule has 0 bridgehead atoms. The minimum absolute atomic E-state index is 0.106. The fourth-order valence-electron chi connectivity index (χ4n) is 4.20. The summed E-state index contributed by atoms with van der Waals surface area (Å²) in [6, 6.07) is 7.16. The van der Waals surface area contributed by atoms with E-state index >= 15 is 0 Å². The van der Waals surface area contributed by atoms with Gasteiger partial charge in [-0.2, -0.15) is 5.26 Å². The predicted octanol–water partition coefficient (Wildman–Crippen LogP) is 4.27. The number of hydrogen-bond acceptors (Lipinski definition) is 5. The second-order valence-electron chi connectivity index (χ2n) is 9.19. The Kier molecular flexibility index (Phi) is 5.38. The van der Waals surface area contributed by atoms with Gasteiger partial charge in [0.2, 0.25) is 0 Å². The molecule has 1 aromatic carbocycles. The molecule has 0 spiro atoms. The lowest BCUT2D eigenvalue weighted by atomic mass is 9.49. The zero-order valence-corrected chi connectivity index (χ0v) is 17.5. The molecule has 1 saturated carbocycles. The second kappa shape index (κ2) is 6.95. The van der Waals surface area contributed by atoms with Crippen LogP contribution in [0.5, 0.6) is 11.5 Å². The van der Waals surface area contributed by atoms with Crippen LogP contribution in [0, 0.1) is 22.2 Å². The van der Waals surface area contributed by atoms with E-state index < -0.39 is 11.7 Å². The van der Waals surface area contributed by atoms with Gasteiger partial charge in [0, 0.05) is 22.9 Å². The Morgan fingerprint density at radius 1 is 1.19 bits per heavy atom. The van der Waals surface area contributed by atoms with Crippen molar-refractivity contribution in [3.8, 4) is 17.6 Å². The van der Waals surface area contributed by atoms with Gasteiger partial charge in [-0.3, -0.25) is 0 Å². The zero-order valence-electron chi connectivity index (χ0n) is 17.5. The molecule has 0 saturated heterocycles. The third-order valence-corrected chi connectivity index (χ3v) is 5.05. The van der Waals surface area contributed by atoms with Crippen molar-refractivity contribution in [3.63, 3.8) is 0 Å². The molecule has 1 N–H and O–H groups in total. The van der Waals surface area contributed by atoms with Crippen LogP contribution in [0.3, 0.4) is 0 Å². The first-order valence-corrected chi connectivity index (χ1v) is 9.07. The highest BCUT2D eigenvalue weighted by Crippen LogP contribution is 2.55. The van der Waals surface area contributed by atoms with E-state index in [0.29, 0.717) is 17.1 Å². The maximum Gasteiger partial charge on any atom is 0.407 e. The van der Waals surface area contributed by atoms with Crippen LogP contribution in [-0.4, -0.2) is 30.9 Å². The number of benzene rings is 1. The standard InChI is InChI=1S/C21H30N2O4/c1-19(2,3)27-18(24)23-16-20(4,5)17(21(16,6)7)26-14-10-9-13(12-22)15(11-14)25-8/h9-11,16-17H,1-8H3,(H,23,24)/t16-,17-. The fourth-order valence-corrected chi connectivity index (χ4v) is 4.20.